The first-order valence-electron chi connectivity index (χ1n) is 6.32. The Hall–Kier alpha value is -0.430. The standard InChI is InChI=1S/C13H20BrNO3S/c1-2-9-18-10-3-8-15-19(16,17)13-6-4-12(11-14)5-7-13/h4-7,15H,2-3,8-11H2,1H3. The Bertz CT molecular complexity index is 459. The number of halogens is 1. The van der Waals surface area contributed by atoms with Crippen LogP contribution in [-0.4, -0.2) is 28.2 Å². The topological polar surface area (TPSA) is 55.4 Å². The highest BCUT2D eigenvalue weighted by Crippen LogP contribution is 2.12. The SMILES string of the molecule is CCCOCCCNS(=O)(=O)c1ccc(CBr)cc1. The first-order valence-corrected chi connectivity index (χ1v) is 8.93. The minimum absolute atomic E-state index is 0.298. The quantitative estimate of drug-likeness (QED) is 0.550. The van der Waals surface area contributed by atoms with Gasteiger partial charge in [-0.1, -0.05) is 35.0 Å². The van der Waals surface area contributed by atoms with Gasteiger partial charge in [0.05, 0.1) is 4.90 Å². The van der Waals surface area contributed by atoms with Crippen LogP contribution >= 0.6 is 15.9 Å². The van der Waals surface area contributed by atoms with E-state index in [1.807, 2.05) is 6.92 Å². The van der Waals surface area contributed by atoms with Gasteiger partial charge in [0.15, 0.2) is 0 Å². The van der Waals surface area contributed by atoms with E-state index in [0.717, 1.165) is 23.9 Å². The molecule has 4 nitrogen and oxygen atoms in total. The van der Waals surface area contributed by atoms with Crippen molar-refractivity contribution >= 4 is 26.0 Å². The molecule has 0 spiro atoms. The fourth-order valence-electron chi connectivity index (χ4n) is 1.47. The second-order valence-corrected chi connectivity index (χ2v) is 6.47. The third kappa shape index (κ3) is 6.03. The minimum atomic E-state index is -3.40. The fourth-order valence-corrected chi connectivity index (χ4v) is 2.92. The average molecular weight is 350 g/mol. The Labute approximate surface area is 123 Å². The van der Waals surface area contributed by atoms with Crippen LogP contribution in [0.4, 0.5) is 0 Å². The van der Waals surface area contributed by atoms with Gasteiger partial charge in [-0.3, -0.25) is 0 Å². The molecule has 0 aliphatic carbocycles. The summed E-state index contributed by atoms with van der Waals surface area (Å²) in [4.78, 5) is 0.298. The summed E-state index contributed by atoms with van der Waals surface area (Å²) < 4.78 is 31.8. The minimum Gasteiger partial charge on any atom is -0.381 e. The fraction of sp³-hybridized carbons (Fsp3) is 0.538. The molecule has 19 heavy (non-hydrogen) atoms. The van der Waals surface area contributed by atoms with Crippen LogP contribution in [0.3, 0.4) is 0 Å². The van der Waals surface area contributed by atoms with Crippen LogP contribution in [0.2, 0.25) is 0 Å². The summed E-state index contributed by atoms with van der Waals surface area (Å²) in [5.41, 5.74) is 1.05. The van der Waals surface area contributed by atoms with E-state index in [9.17, 15) is 8.42 Å². The van der Waals surface area contributed by atoms with Gasteiger partial charge in [-0.15, -0.1) is 0 Å². The Morgan fingerprint density at radius 1 is 1.21 bits per heavy atom. The summed E-state index contributed by atoms with van der Waals surface area (Å²) in [6, 6.07) is 6.83. The zero-order chi connectivity index (χ0) is 14.1. The van der Waals surface area contributed by atoms with Crippen molar-refractivity contribution < 1.29 is 13.2 Å². The molecule has 0 fully saturated rings. The third-order valence-electron chi connectivity index (χ3n) is 2.49. The molecule has 1 aromatic carbocycles. The van der Waals surface area contributed by atoms with Gasteiger partial charge in [-0.05, 0) is 30.5 Å². The predicted molar refractivity (Wildman–Crippen MR) is 80.0 cm³/mol. The number of hydrogen-bond donors (Lipinski definition) is 1. The zero-order valence-electron chi connectivity index (χ0n) is 11.1. The molecule has 0 heterocycles. The Morgan fingerprint density at radius 3 is 2.47 bits per heavy atom. The average Bonchev–Trinajstić information content (AvgIpc) is 2.43. The lowest BCUT2D eigenvalue weighted by atomic mass is 10.2. The Morgan fingerprint density at radius 2 is 1.89 bits per heavy atom. The smallest absolute Gasteiger partial charge is 0.240 e. The number of benzene rings is 1. The van der Waals surface area contributed by atoms with Gasteiger partial charge in [0.25, 0.3) is 0 Å². The van der Waals surface area contributed by atoms with Crippen LogP contribution in [0.25, 0.3) is 0 Å². The first kappa shape index (κ1) is 16.6. The van der Waals surface area contributed by atoms with E-state index in [1.165, 1.54) is 0 Å². The van der Waals surface area contributed by atoms with Crippen LogP contribution in [0.5, 0.6) is 0 Å². The second-order valence-electron chi connectivity index (χ2n) is 4.14. The zero-order valence-corrected chi connectivity index (χ0v) is 13.5. The number of hydrogen-bond acceptors (Lipinski definition) is 3. The molecule has 0 radical (unpaired) electrons. The van der Waals surface area contributed by atoms with Crippen molar-refractivity contribution in [2.45, 2.75) is 30.0 Å². The van der Waals surface area contributed by atoms with E-state index in [2.05, 4.69) is 20.7 Å². The van der Waals surface area contributed by atoms with E-state index < -0.39 is 10.0 Å². The molecular weight excluding hydrogens is 330 g/mol. The highest BCUT2D eigenvalue weighted by atomic mass is 79.9. The largest absolute Gasteiger partial charge is 0.381 e. The summed E-state index contributed by atoms with van der Waals surface area (Å²) in [7, 11) is -3.40. The van der Waals surface area contributed by atoms with Crippen molar-refractivity contribution in [1.29, 1.82) is 0 Å². The van der Waals surface area contributed by atoms with E-state index >= 15 is 0 Å². The van der Waals surface area contributed by atoms with Crippen molar-refractivity contribution in [3.05, 3.63) is 29.8 Å². The summed E-state index contributed by atoms with van der Waals surface area (Å²) >= 11 is 3.33. The molecular formula is C13H20BrNO3S. The molecule has 0 aliphatic heterocycles. The van der Waals surface area contributed by atoms with E-state index in [4.69, 9.17) is 4.74 Å². The lowest BCUT2D eigenvalue weighted by Crippen LogP contribution is -2.25. The molecule has 108 valence electrons. The molecule has 6 heteroatoms. The van der Waals surface area contributed by atoms with Crippen molar-refractivity contribution in [2.75, 3.05) is 19.8 Å². The summed E-state index contributed by atoms with van der Waals surface area (Å²) in [6.45, 7) is 3.74. The van der Waals surface area contributed by atoms with E-state index in [-0.39, 0.29) is 0 Å². The van der Waals surface area contributed by atoms with Gasteiger partial charge in [0.1, 0.15) is 0 Å². The van der Waals surface area contributed by atoms with Gasteiger partial charge in [-0.25, -0.2) is 13.1 Å². The van der Waals surface area contributed by atoms with Gasteiger partial charge < -0.3 is 4.74 Å². The van der Waals surface area contributed by atoms with Crippen molar-refractivity contribution in [3.63, 3.8) is 0 Å². The van der Waals surface area contributed by atoms with Gasteiger partial charge in [-0.2, -0.15) is 0 Å². The molecule has 1 N–H and O–H groups in total. The van der Waals surface area contributed by atoms with Crippen molar-refractivity contribution in [2.24, 2.45) is 0 Å². The van der Waals surface area contributed by atoms with Gasteiger partial charge >= 0.3 is 0 Å². The predicted octanol–water partition coefficient (Wildman–Crippen LogP) is 2.68. The molecule has 1 aromatic rings. The monoisotopic (exact) mass is 349 g/mol. The molecule has 0 aliphatic rings. The normalized spacial score (nSPS) is 11.7. The molecule has 0 aromatic heterocycles. The number of alkyl halides is 1. The summed E-state index contributed by atoms with van der Waals surface area (Å²) in [5.74, 6) is 0. The lowest BCUT2D eigenvalue weighted by molar-refractivity contribution is 0.133. The van der Waals surface area contributed by atoms with Gasteiger partial charge in [0.2, 0.25) is 10.0 Å². The number of sulfonamides is 1. The van der Waals surface area contributed by atoms with Crippen LogP contribution < -0.4 is 4.72 Å². The second kappa shape index (κ2) is 8.68. The molecule has 1 rings (SSSR count). The highest BCUT2D eigenvalue weighted by Gasteiger charge is 2.12. The van der Waals surface area contributed by atoms with Crippen molar-refractivity contribution in [3.8, 4) is 0 Å². The molecule has 0 unspecified atom stereocenters. The molecule has 0 saturated heterocycles. The highest BCUT2D eigenvalue weighted by molar-refractivity contribution is 9.08. The maximum atomic E-state index is 12.0. The Kier molecular flexibility index (Phi) is 7.60. The molecule has 0 atom stereocenters. The maximum absolute atomic E-state index is 12.0. The summed E-state index contributed by atoms with van der Waals surface area (Å²) in [5, 5.41) is 0.718. The van der Waals surface area contributed by atoms with Crippen molar-refractivity contribution in [1.82, 2.24) is 4.72 Å². The summed E-state index contributed by atoms with van der Waals surface area (Å²) in [6.07, 6.45) is 1.66. The molecule has 0 saturated carbocycles. The molecule has 0 amide bonds. The number of rotatable bonds is 9. The van der Waals surface area contributed by atoms with E-state index in [0.29, 0.717) is 24.5 Å². The number of ether oxygens (including phenoxy) is 1. The van der Waals surface area contributed by atoms with Crippen LogP contribution in [0, 0.1) is 0 Å². The van der Waals surface area contributed by atoms with Gasteiger partial charge in [0, 0.05) is 25.1 Å². The lowest BCUT2D eigenvalue weighted by Gasteiger charge is -2.07. The Balaban J connectivity index is 2.42. The number of nitrogens with one attached hydrogen (secondary N) is 1. The van der Waals surface area contributed by atoms with Crippen LogP contribution in [-0.2, 0) is 20.1 Å². The molecule has 0 bridgehead atoms. The van der Waals surface area contributed by atoms with Crippen LogP contribution in [0.15, 0.2) is 29.2 Å². The van der Waals surface area contributed by atoms with Crippen LogP contribution in [0.1, 0.15) is 25.3 Å². The first-order chi connectivity index (χ1) is 9.10. The third-order valence-corrected chi connectivity index (χ3v) is 4.62. The van der Waals surface area contributed by atoms with E-state index in [1.54, 1.807) is 24.3 Å². The maximum Gasteiger partial charge on any atom is 0.240 e.